The fourth-order valence-electron chi connectivity index (χ4n) is 1.19. The Labute approximate surface area is 94.8 Å². The normalized spacial score (nSPS) is 11.6. The summed E-state index contributed by atoms with van der Waals surface area (Å²) in [7, 11) is -3.69. The van der Waals surface area contributed by atoms with Crippen LogP contribution in [0.5, 0.6) is 11.5 Å². The monoisotopic (exact) mass is 245 g/mol. The van der Waals surface area contributed by atoms with E-state index in [1.165, 1.54) is 12.1 Å². The molecule has 0 saturated carbocycles. The van der Waals surface area contributed by atoms with E-state index in [-0.39, 0.29) is 10.6 Å². The third-order valence-electron chi connectivity index (χ3n) is 2.05. The van der Waals surface area contributed by atoms with E-state index < -0.39 is 15.8 Å². The molecule has 16 heavy (non-hydrogen) atoms. The van der Waals surface area contributed by atoms with Crippen LogP contribution in [0, 0.1) is 0 Å². The summed E-state index contributed by atoms with van der Waals surface area (Å²) >= 11 is 0. The Morgan fingerprint density at radius 1 is 1.31 bits per heavy atom. The Morgan fingerprint density at radius 2 is 2.00 bits per heavy atom. The lowest BCUT2D eigenvalue weighted by atomic mass is 10.3. The standard InChI is InChI=1S/C10H15NO4S/c1-2-3-6-11-16(14,15)10-5-4-8(12)7-9(10)13/h4-5,7,11-13H,2-3,6H2,1H3. The number of phenols is 2. The molecule has 0 unspecified atom stereocenters. The van der Waals surface area contributed by atoms with E-state index in [9.17, 15) is 13.5 Å². The smallest absolute Gasteiger partial charge is 0.244 e. The molecule has 90 valence electrons. The fourth-order valence-corrected chi connectivity index (χ4v) is 2.34. The van der Waals surface area contributed by atoms with Crippen LogP contribution in [0.2, 0.25) is 0 Å². The molecule has 0 radical (unpaired) electrons. The first kappa shape index (κ1) is 12.8. The maximum Gasteiger partial charge on any atom is 0.244 e. The van der Waals surface area contributed by atoms with Crippen molar-refractivity contribution in [1.29, 1.82) is 0 Å². The lowest BCUT2D eigenvalue weighted by molar-refractivity contribution is 0.439. The Balaban J connectivity index is 2.90. The number of sulfonamides is 1. The zero-order valence-electron chi connectivity index (χ0n) is 8.97. The first-order chi connectivity index (χ1) is 7.47. The van der Waals surface area contributed by atoms with Crippen molar-refractivity contribution in [2.45, 2.75) is 24.7 Å². The van der Waals surface area contributed by atoms with Gasteiger partial charge in [-0.05, 0) is 18.6 Å². The molecule has 1 aromatic carbocycles. The van der Waals surface area contributed by atoms with E-state index in [1.54, 1.807) is 0 Å². The van der Waals surface area contributed by atoms with Crippen LogP contribution in [-0.4, -0.2) is 25.2 Å². The molecule has 1 aromatic rings. The Kier molecular flexibility index (Phi) is 4.14. The van der Waals surface area contributed by atoms with Crippen LogP contribution in [0.1, 0.15) is 19.8 Å². The number of phenolic OH excluding ortho intramolecular Hbond substituents is 2. The van der Waals surface area contributed by atoms with Gasteiger partial charge in [-0.25, -0.2) is 13.1 Å². The van der Waals surface area contributed by atoms with Crippen molar-refractivity contribution in [3.8, 4) is 11.5 Å². The van der Waals surface area contributed by atoms with Crippen LogP contribution < -0.4 is 4.72 Å². The number of hydrogen-bond acceptors (Lipinski definition) is 4. The molecule has 0 saturated heterocycles. The van der Waals surface area contributed by atoms with Gasteiger partial charge >= 0.3 is 0 Å². The molecular weight excluding hydrogens is 230 g/mol. The first-order valence-electron chi connectivity index (χ1n) is 4.99. The summed E-state index contributed by atoms with van der Waals surface area (Å²) < 4.78 is 25.7. The maximum absolute atomic E-state index is 11.7. The summed E-state index contributed by atoms with van der Waals surface area (Å²) in [5.41, 5.74) is 0. The molecule has 0 aliphatic heterocycles. The average Bonchev–Trinajstić information content (AvgIpc) is 2.17. The van der Waals surface area contributed by atoms with Crippen molar-refractivity contribution in [2.24, 2.45) is 0 Å². The highest BCUT2D eigenvalue weighted by Gasteiger charge is 2.17. The Bertz CT molecular complexity index is 456. The Morgan fingerprint density at radius 3 is 2.56 bits per heavy atom. The van der Waals surface area contributed by atoms with Gasteiger partial charge in [0.2, 0.25) is 10.0 Å². The van der Waals surface area contributed by atoms with Gasteiger partial charge in [-0.2, -0.15) is 0 Å². The van der Waals surface area contributed by atoms with E-state index in [2.05, 4.69) is 4.72 Å². The molecule has 0 fully saturated rings. The van der Waals surface area contributed by atoms with Crippen molar-refractivity contribution < 1.29 is 18.6 Å². The highest BCUT2D eigenvalue weighted by atomic mass is 32.2. The molecule has 0 heterocycles. The van der Waals surface area contributed by atoms with Crippen LogP contribution in [0.25, 0.3) is 0 Å². The topological polar surface area (TPSA) is 86.6 Å². The number of hydrogen-bond donors (Lipinski definition) is 3. The zero-order chi connectivity index (χ0) is 12.2. The van der Waals surface area contributed by atoms with Crippen molar-refractivity contribution in [1.82, 2.24) is 4.72 Å². The Hall–Kier alpha value is -1.27. The van der Waals surface area contributed by atoms with Gasteiger partial charge in [-0.3, -0.25) is 0 Å². The predicted octanol–water partition coefficient (Wildman–Crippen LogP) is 1.18. The van der Waals surface area contributed by atoms with Gasteiger partial charge in [0.15, 0.2) is 0 Å². The lowest BCUT2D eigenvalue weighted by Gasteiger charge is -2.07. The van der Waals surface area contributed by atoms with E-state index in [0.29, 0.717) is 6.54 Å². The van der Waals surface area contributed by atoms with Gasteiger partial charge in [0, 0.05) is 12.6 Å². The molecule has 6 heteroatoms. The quantitative estimate of drug-likeness (QED) is 0.680. The molecule has 0 spiro atoms. The average molecular weight is 245 g/mol. The number of unbranched alkanes of at least 4 members (excludes halogenated alkanes) is 1. The molecular formula is C10H15NO4S. The van der Waals surface area contributed by atoms with Crippen LogP contribution in [0.4, 0.5) is 0 Å². The molecule has 0 aliphatic rings. The second-order valence-corrected chi connectivity index (χ2v) is 5.14. The van der Waals surface area contributed by atoms with Crippen LogP contribution in [0.3, 0.4) is 0 Å². The van der Waals surface area contributed by atoms with E-state index in [4.69, 9.17) is 5.11 Å². The first-order valence-corrected chi connectivity index (χ1v) is 6.47. The fraction of sp³-hybridized carbons (Fsp3) is 0.400. The van der Waals surface area contributed by atoms with E-state index in [0.717, 1.165) is 18.9 Å². The summed E-state index contributed by atoms with van der Waals surface area (Å²) in [6, 6.07) is 3.38. The van der Waals surface area contributed by atoms with Gasteiger partial charge < -0.3 is 10.2 Å². The van der Waals surface area contributed by atoms with Crippen LogP contribution >= 0.6 is 0 Å². The molecule has 1 rings (SSSR count). The van der Waals surface area contributed by atoms with Crippen molar-refractivity contribution in [3.63, 3.8) is 0 Å². The molecule has 0 aliphatic carbocycles. The molecule has 5 nitrogen and oxygen atoms in total. The van der Waals surface area contributed by atoms with Crippen molar-refractivity contribution in [3.05, 3.63) is 18.2 Å². The molecule has 0 aromatic heterocycles. The summed E-state index contributed by atoms with van der Waals surface area (Å²) in [6.45, 7) is 2.28. The van der Waals surface area contributed by atoms with E-state index in [1.807, 2.05) is 6.92 Å². The highest BCUT2D eigenvalue weighted by molar-refractivity contribution is 7.89. The lowest BCUT2D eigenvalue weighted by Crippen LogP contribution is -2.24. The number of rotatable bonds is 5. The largest absolute Gasteiger partial charge is 0.508 e. The molecule has 0 amide bonds. The summed E-state index contributed by atoms with van der Waals surface area (Å²) in [6.07, 6.45) is 1.61. The van der Waals surface area contributed by atoms with Crippen LogP contribution in [-0.2, 0) is 10.0 Å². The number of benzene rings is 1. The zero-order valence-corrected chi connectivity index (χ0v) is 9.79. The maximum atomic E-state index is 11.7. The minimum absolute atomic E-state index is 0.176. The van der Waals surface area contributed by atoms with Gasteiger partial charge in [0.1, 0.15) is 16.4 Å². The molecule has 0 atom stereocenters. The summed E-state index contributed by atoms with van der Waals surface area (Å²) in [5.74, 6) is -0.631. The van der Waals surface area contributed by atoms with Crippen molar-refractivity contribution >= 4 is 10.0 Å². The van der Waals surface area contributed by atoms with Crippen molar-refractivity contribution in [2.75, 3.05) is 6.54 Å². The minimum atomic E-state index is -3.69. The van der Waals surface area contributed by atoms with Gasteiger partial charge in [-0.15, -0.1) is 0 Å². The summed E-state index contributed by atoms with van der Waals surface area (Å²) in [4.78, 5) is -0.221. The summed E-state index contributed by atoms with van der Waals surface area (Å²) in [5, 5.41) is 18.4. The number of aromatic hydroxyl groups is 2. The van der Waals surface area contributed by atoms with E-state index >= 15 is 0 Å². The molecule has 3 N–H and O–H groups in total. The van der Waals surface area contributed by atoms with Gasteiger partial charge in [0.05, 0.1) is 0 Å². The number of nitrogens with one attached hydrogen (secondary N) is 1. The molecule has 0 bridgehead atoms. The minimum Gasteiger partial charge on any atom is -0.508 e. The second-order valence-electron chi connectivity index (χ2n) is 3.40. The highest BCUT2D eigenvalue weighted by Crippen LogP contribution is 2.26. The van der Waals surface area contributed by atoms with Crippen LogP contribution in [0.15, 0.2) is 23.1 Å². The second kappa shape index (κ2) is 5.18. The third kappa shape index (κ3) is 3.11. The van der Waals surface area contributed by atoms with Gasteiger partial charge in [0.25, 0.3) is 0 Å². The SMILES string of the molecule is CCCCNS(=O)(=O)c1ccc(O)cc1O. The third-order valence-corrected chi connectivity index (χ3v) is 3.56. The predicted molar refractivity (Wildman–Crippen MR) is 59.9 cm³/mol. The van der Waals surface area contributed by atoms with Gasteiger partial charge in [-0.1, -0.05) is 13.3 Å².